The van der Waals surface area contributed by atoms with E-state index in [0.29, 0.717) is 30.0 Å². The zero-order chi connectivity index (χ0) is 22.4. The molecule has 0 unspecified atom stereocenters. The summed E-state index contributed by atoms with van der Waals surface area (Å²) in [5.74, 6) is 0.411. The predicted octanol–water partition coefficient (Wildman–Crippen LogP) is 4.98. The molecule has 0 bridgehead atoms. The van der Waals surface area contributed by atoms with E-state index in [2.05, 4.69) is 0 Å². The van der Waals surface area contributed by atoms with Gasteiger partial charge in [-0.25, -0.2) is 4.79 Å². The molecule has 1 heterocycles. The van der Waals surface area contributed by atoms with Gasteiger partial charge in [0, 0.05) is 12.2 Å². The number of rotatable bonds is 8. The van der Waals surface area contributed by atoms with Gasteiger partial charge in [0.15, 0.2) is 0 Å². The number of halogens is 2. The van der Waals surface area contributed by atoms with E-state index in [1.54, 1.807) is 23.8 Å². The van der Waals surface area contributed by atoms with Gasteiger partial charge in [0.05, 0.1) is 24.8 Å². The molecule has 0 N–H and O–H groups in total. The van der Waals surface area contributed by atoms with E-state index in [1.165, 1.54) is 13.2 Å². The highest BCUT2D eigenvalue weighted by Gasteiger charge is 2.14. The Kier molecular flexibility index (Phi) is 7.77. The van der Waals surface area contributed by atoms with Gasteiger partial charge in [0.1, 0.15) is 10.8 Å². The summed E-state index contributed by atoms with van der Waals surface area (Å²) in [4.78, 5) is 24.3. The Hall–Kier alpha value is -2.76. The molecular weight excluding hydrogens is 437 g/mol. The van der Waals surface area contributed by atoms with Crippen molar-refractivity contribution in [2.24, 2.45) is 0 Å². The normalized spacial score (nSPS) is 10.7. The molecule has 2 aromatic carbocycles. The molecule has 0 aliphatic heterocycles. The Morgan fingerprint density at radius 2 is 1.48 bits per heavy atom. The molecule has 3 aromatic rings. The van der Waals surface area contributed by atoms with Gasteiger partial charge in [-0.15, -0.1) is 0 Å². The van der Waals surface area contributed by atoms with Crippen LogP contribution >= 0.6 is 23.2 Å². The van der Waals surface area contributed by atoms with Crippen LogP contribution in [0, 0.1) is 0 Å². The lowest BCUT2D eigenvalue weighted by atomic mass is 10.1. The van der Waals surface area contributed by atoms with Crippen molar-refractivity contribution in [2.75, 3.05) is 14.2 Å². The molecule has 5 nitrogen and oxygen atoms in total. The Bertz CT molecular complexity index is 1110. The average molecular weight is 460 g/mol. The lowest BCUT2D eigenvalue weighted by molar-refractivity contribution is 0.0600. The predicted molar refractivity (Wildman–Crippen MR) is 123 cm³/mol. The van der Waals surface area contributed by atoms with Crippen LogP contribution < -0.4 is 10.3 Å². The molecule has 0 spiro atoms. The van der Waals surface area contributed by atoms with E-state index in [1.807, 2.05) is 36.4 Å². The largest absolute Gasteiger partial charge is 0.497 e. The molecule has 1 aromatic heterocycles. The lowest BCUT2D eigenvalue weighted by Crippen LogP contribution is -2.25. The third-order valence-corrected chi connectivity index (χ3v) is 5.71. The van der Waals surface area contributed by atoms with Crippen molar-refractivity contribution in [1.82, 2.24) is 4.57 Å². The van der Waals surface area contributed by atoms with Crippen LogP contribution in [0.5, 0.6) is 5.75 Å². The van der Waals surface area contributed by atoms with Gasteiger partial charge in [-0.1, -0.05) is 47.5 Å². The van der Waals surface area contributed by atoms with Crippen LogP contribution in [0.1, 0.15) is 27.2 Å². The molecule has 0 atom stereocenters. The number of ether oxygens (including phenoxy) is 2. The Labute approximate surface area is 191 Å². The number of aryl methyl sites for hydroxylation is 2. The molecule has 0 radical (unpaired) electrons. The first kappa shape index (κ1) is 22.9. The maximum absolute atomic E-state index is 12.7. The minimum Gasteiger partial charge on any atom is -0.497 e. The highest BCUT2D eigenvalue weighted by atomic mass is 35.5. The zero-order valence-corrected chi connectivity index (χ0v) is 18.9. The molecule has 31 heavy (non-hydrogen) atoms. The third kappa shape index (κ3) is 5.69. The molecule has 162 valence electrons. The van der Waals surface area contributed by atoms with Crippen molar-refractivity contribution in [3.8, 4) is 5.75 Å². The standard InChI is InChI=1S/C24H23Cl2NO4/c1-30-19-10-5-16(6-11-19)7-12-22-20(25)15-21(26)23(28)27(22)14-13-17-3-8-18(9-4-17)24(29)31-2/h3-6,8-11,15H,7,12-14H2,1-2H3. The minimum absolute atomic E-state index is 0.0965. The van der Waals surface area contributed by atoms with E-state index < -0.39 is 0 Å². The van der Waals surface area contributed by atoms with Gasteiger partial charge >= 0.3 is 5.97 Å². The summed E-state index contributed by atoms with van der Waals surface area (Å²) in [7, 11) is 2.98. The monoisotopic (exact) mass is 459 g/mol. The summed E-state index contributed by atoms with van der Waals surface area (Å²) < 4.78 is 11.6. The van der Waals surface area contributed by atoms with Crippen molar-refractivity contribution in [3.63, 3.8) is 0 Å². The first-order valence-corrected chi connectivity index (χ1v) is 10.6. The van der Waals surface area contributed by atoms with Crippen LogP contribution in [0.25, 0.3) is 0 Å². The average Bonchev–Trinajstić information content (AvgIpc) is 2.80. The fourth-order valence-corrected chi connectivity index (χ4v) is 3.92. The molecule has 0 aliphatic rings. The van der Waals surface area contributed by atoms with Crippen molar-refractivity contribution >= 4 is 29.2 Å². The zero-order valence-electron chi connectivity index (χ0n) is 17.4. The Morgan fingerprint density at radius 1 is 0.871 bits per heavy atom. The van der Waals surface area contributed by atoms with E-state index >= 15 is 0 Å². The number of esters is 1. The molecule has 0 saturated carbocycles. The summed E-state index contributed by atoms with van der Waals surface area (Å²) in [5.41, 5.74) is 3.07. The van der Waals surface area contributed by atoms with Gasteiger partial charge in [0.25, 0.3) is 5.56 Å². The SMILES string of the molecule is COC(=O)c1ccc(CCn2c(CCc3ccc(OC)cc3)c(Cl)cc(Cl)c2=O)cc1. The van der Waals surface area contributed by atoms with Crippen LogP contribution in [-0.2, 0) is 30.5 Å². The smallest absolute Gasteiger partial charge is 0.337 e. The second-order valence-corrected chi connectivity index (χ2v) is 7.84. The molecule has 0 saturated heterocycles. The Morgan fingerprint density at radius 3 is 2.10 bits per heavy atom. The first-order chi connectivity index (χ1) is 14.9. The second kappa shape index (κ2) is 10.5. The van der Waals surface area contributed by atoms with Crippen molar-refractivity contribution in [1.29, 1.82) is 0 Å². The van der Waals surface area contributed by atoms with Crippen molar-refractivity contribution in [2.45, 2.75) is 25.8 Å². The summed E-state index contributed by atoms with van der Waals surface area (Å²) >= 11 is 12.6. The summed E-state index contributed by atoms with van der Waals surface area (Å²) in [6, 6.07) is 16.4. The number of nitrogens with zero attached hydrogens (tertiary/aromatic N) is 1. The van der Waals surface area contributed by atoms with Crippen LogP contribution in [0.15, 0.2) is 59.4 Å². The lowest BCUT2D eigenvalue weighted by Gasteiger charge is -2.16. The quantitative estimate of drug-likeness (QED) is 0.445. The van der Waals surface area contributed by atoms with Gasteiger partial charge in [-0.2, -0.15) is 0 Å². The van der Waals surface area contributed by atoms with Gasteiger partial charge in [-0.05, 0) is 60.7 Å². The van der Waals surface area contributed by atoms with Crippen LogP contribution in [0.2, 0.25) is 10.0 Å². The molecule has 0 aliphatic carbocycles. The number of carbonyl (C=O) groups is 1. The highest BCUT2D eigenvalue weighted by Crippen LogP contribution is 2.21. The van der Waals surface area contributed by atoms with E-state index in [4.69, 9.17) is 32.7 Å². The summed E-state index contributed by atoms with van der Waals surface area (Å²) in [5, 5.41) is 0.568. The number of benzene rings is 2. The number of pyridine rings is 1. The van der Waals surface area contributed by atoms with Crippen molar-refractivity contribution in [3.05, 3.63) is 97.4 Å². The molecule has 3 rings (SSSR count). The fourth-order valence-electron chi connectivity index (χ4n) is 3.35. The number of methoxy groups -OCH3 is 2. The molecule has 7 heteroatoms. The first-order valence-electron chi connectivity index (χ1n) is 9.81. The fraction of sp³-hybridized carbons (Fsp3) is 0.250. The molecule has 0 fully saturated rings. The van der Waals surface area contributed by atoms with Gasteiger partial charge in [-0.3, -0.25) is 4.79 Å². The van der Waals surface area contributed by atoms with E-state index in [0.717, 1.165) is 29.0 Å². The van der Waals surface area contributed by atoms with Crippen LogP contribution in [0.4, 0.5) is 0 Å². The maximum Gasteiger partial charge on any atom is 0.337 e. The molecule has 0 amide bonds. The number of aromatic nitrogens is 1. The topological polar surface area (TPSA) is 57.5 Å². The Balaban J connectivity index is 1.78. The highest BCUT2D eigenvalue weighted by molar-refractivity contribution is 6.34. The second-order valence-electron chi connectivity index (χ2n) is 7.03. The van der Waals surface area contributed by atoms with Gasteiger partial charge in [0.2, 0.25) is 0 Å². The van der Waals surface area contributed by atoms with Crippen LogP contribution in [0.3, 0.4) is 0 Å². The van der Waals surface area contributed by atoms with Crippen LogP contribution in [-0.4, -0.2) is 24.8 Å². The number of hydrogen-bond acceptors (Lipinski definition) is 4. The minimum atomic E-state index is -0.384. The maximum atomic E-state index is 12.7. The number of carbonyl (C=O) groups excluding carboxylic acids is 1. The summed E-state index contributed by atoms with van der Waals surface area (Å²) in [6.45, 7) is 0.425. The number of hydrogen-bond donors (Lipinski definition) is 0. The van der Waals surface area contributed by atoms with Crippen molar-refractivity contribution < 1.29 is 14.3 Å². The van der Waals surface area contributed by atoms with E-state index in [-0.39, 0.29) is 16.6 Å². The molecular formula is C24H23Cl2NO4. The summed E-state index contributed by atoms with van der Waals surface area (Å²) in [6.07, 6.45) is 1.91. The van der Waals surface area contributed by atoms with E-state index in [9.17, 15) is 9.59 Å². The third-order valence-electron chi connectivity index (χ3n) is 5.11. The van der Waals surface area contributed by atoms with Gasteiger partial charge < -0.3 is 14.0 Å².